The van der Waals surface area contributed by atoms with E-state index in [0.717, 1.165) is 21.2 Å². The lowest BCUT2D eigenvalue weighted by molar-refractivity contribution is 1.46. The number of benzene rings is 2. The number of para-hydroxylation sites is 2. The van der Waals surface area contributed by atoms with Crippen LogP contribution < -0.4 is 11.5 Å². The molecule has 98 valence electrons. The summed E-state index contributed by atoms with van der Waals surface area (Å²) in [5, 5.41) is 0. The van der Waals surface area contributed by atoms with Crippen LogP contribution in [-0.2, 0) is 0 Å². The van der Waals surface area contributed by atoms with Gasteiger partial charge in [0.05, 0.1) is 0 Å². The molecule has 2 aromatic carbocycles. The maximum Gasteiger partial charge on any atom is 0.0461 e. The lowest BCUT2D eigenvalue weighted by atomic mass is 10.3. The fraction of sp³-hybridized carbons (Fsp3) is 0. The Morgan fingerprint density at radius 2 is 0.944 bits per heavy atom. The summed E-state index contributed by atoms with van der Waals surface area (Å²) in [5.41, 5.74) is 13.3. The van der Waals surface area contributed by atoms with Gasteiger partial charge >= 0.3 is 0 Å². The third-order valence-corrected chi connectivity index (χ3v) is 4.57. The van der Waals surface area contributed by atoms with Crippen LogP contribution in [0.2, 0.25) is 0 Å². The predicted octanol–water partition coefficient (Wildman–Crippen LogP) is 4.49. The molecule has 2 rings (SSSR count). The van der Waals surface area contributed by atoms with Crippen LogP contribution in [0.3, 0.4) is 0 Å². The first-order valence-corrected chi connectivity index (χ1v) is 6.96. The van der Waals surface area contributed by atoms with Gasteiger partial charge in [0.2, 0.25) is 0 Å². The molecule has 0 saturated heterocycles. The molecule has 4 N–H and O–H groups in total. The van der Waals surface area contributed by atoms with Crippen LogP contribution in [0.5, 0.6) is 0 Å². The monoisotopic (exact) mass is 320 g/mol. The minimum Gasteiger partial charge on any atom is -0.398 e. The number of hydrogen-bond acceptors (Lipinski definition) is 4. The van der Waals surface area contributed by atoms with Gasteiger partial charge in [-0.3, -0.25) is 0 Å². The van der Waals surface area contributed by atoms with Crippen molar-refractivity contribution in [2.45, 2.75) is 9.79 Å². The molecule has 0 aromatic heterocycles. The van der Waals surface area contributed by atoms with Crippen LogP contribution in [0.15, 0.2) is 58.3 Å². The first kappa shape index (κ1) is 17.3. The summed E-state index contributed by atoms with van der Waals surface area (Å²) >= 11 is 0. The molecule has 2 aromatic rings. The van der Waals surface area contributed by atoms with Crippen molar-refractivity contribution in [1.29, 1.82) is 0 Å². The normalized spacial score (nSPS) is 9.11. The molecule has 0 spiro atoms. The minimum absolute atomic E-state index is 0. The third kappa shape index (κ3) is 4.53. The summed E-state index contributed by atoms with van der Waals surface area (Å²) in [7, 11) is 3.25. The van der Waals surface area contributed by atoms with E-state index in [2.05, 4.69) is 0 Å². The molecule has 0 aliphatic carbocycles. The summed E-state index contributed by atoms with van der Waals surface area (Å²) in [6, 6.07) is 15.6. The summed E-state index contributed by atoms with van der Waals surface area (Å²) in [6.07, 6.45) is 0. The van der Waals surface area contributed by atoms with Crippen molar-refractivity contribution in [1.82, 2.24) is 0 Å². The molecule has 0 fully saturated rings. The molecular weight excluding hydrogens is 307 g/mol. The minimum atomic E-state index is 0. The standard InChI is InChI=1S/C12H12N2S2.2ClH/c13-9-5-1-3-7-11(9)15-16-12-8-4-2-6-10(12)14;;/h1-8H,13-14H2;2*1H. The van der Waals surface area contributed by atoms with Gasteiger partial charge in [0.1, 0.15) is 0 Å². The molecule has 6 heteroatoms. The average Bonchev–Trinajstić information content (AvgIpc) is 2.30. The highest BCUT2D eigenvalue weighted by Crippen LogP contribution is 2.41. The molecule has 0 unspecified atom stereocenters. The van der Waals surface area contributed by atoms with Gasteiger partial charge in [-0.25, -0.2) is 0 Å². The SMILES string of the molecule is Cl.Cl.Nc1ccccc1SSc1ccccc1N. The van der Waals surface area contributed by atoms with Gasteiger partial charge < -0.3 is 11.5 Å². The molecule has 0 heterocycles. The van der Waals surface area contributed by atoms with Crippen molar-refractivity contribution in [3.8, 4) is 0 Å². The van der Waals surface area contributed by atoms with Gasteiger partial charge in [0.25, 0.3) is 0 Å². The second-order valence-corrected chi connectivity index (χ2v) is 5.46. The third-order valence-electron chi connectivity index (χ3n) is 2.06. The Bertz CT molecular complexity index is 450. The highest BCUT2D eigenvalue weighted by atomic mass is 35.5. The Kier molecular flexibility index (Phi) is 8.11. The Morgan fingerprint density at radius 3 is 1.28 bits per heavy atom. The smallest absolute Gasteiger partial charge is 0.0461 e. The van der Waals surface area contributed by atoms with E-state index in [9.17, 15) is 0 Å². The molecule has 0 atom stereocenters. The van der Waals surface area contributed by atoms with Crippen molar-refractivity contribution in [2.75, 3.05) is 11.5 Å². The fourth-order valence-corrected chi connectivity index (χ4v) is 3.43. The lowest BCUT2D eigenvalue weighted by Crippen LogP contribution is -1.87. The van der Waals surface area contributed by atoms with E-state index in [4.69, 9.17) is 11.5 Å². The summed E-state index contributed by atoms with van der Waals surface area (Å²) in [6.45, 7) is 0. The van der Waals surface area contributed by atoms with Crippen LogP contribution >= 0.6 is 46.4 Å². The molecule has 0 aliphatic rings. The van der Waals surface area contributed by atoms with Crippen LogP contribution in [0.25, 0.3) is 0 Å². The van der Waals surface area contributed by atoms with Crippen molar-refractivity contribution >= 4 is 57.8 Å². The maximum atomic E-state index is 5.86. The van der Waals surface area contributed by atoms with E-state index in [0.29, 0.717) is 0 Å². The van der Waals surface area contributed by atoms with E-state index in [1.807, 2.05) is 48.5 Å². The second kappa shape index (κ2) is 8.43. The van der Waals surface area contributed by atoms with Gasteiger partial charge in [-0.2, -0.15) is 0 Å². The predicted molar refractivity (Wildman–Crippen MR) is 87.9 cm³/mol. The highest BCUT2D eigenvalue weighted by Gasteiger charge is 2.02. The van der Waals surface area contributed by atoms with Gasteiger partial charge in [0.15, 0.2) is 0 Å². The largest absolute Gasteiger partial charge is 0.398 e. The zero-order chi connectivity index (χ0) is 11.4. The summed E-state index contributed by atoms with van der Waals surface area (Å²) in [4.78, 5) is 2.13. The molecule has 0 saturated carbocycles. The molecule has 0 radical (unpaired) electrons. The van der Waals surface area contributed by atoms with E-state index < -0.39 is 0 Å². The first-order chi connectivity index (χ1) is 7.77. The van der Waals surface area contributed by atoms with Crippen molar-refractivity contribution in [2.24, 2.45) is 0 Å². The first-order valence-electron chi connectivity index (χ1n) is 4.81. The summed E-state index contributed by atoms with van der Waals surface area (Å²) < 4.78 is 0. The number of nitrogens with two attached hydrogens (primary N) is 2. The second-order valence-electron chi connectivity index (χ2n) is 3.24. The Hall–Kier alpha value is -0.680. The number of hydrogen-bond donors (Lipinski definition) is 2. The quantitative estimate of drug-likeness (QED) is 0.646. The van der Waals surface area contributed by atoms with E-state index >= 15 is 0 Å². The van der Waals surface area contributed by atoms with Crippen molar-refractivity contribution in [3.05, 3.63) is 48.5 Å². The molecule has 0 bridgehead atoms. The Balaban J connectivity index is 0.00000144. The maximum absolute atomic E-state index is 5.86. The molecule has 0 amide bonds. The van der Waals surface area contributed by atoms with Gasteiger partial charge in [0, 0.05) is 21.2 Å². The van der Waals surface area contributed by atoms with Gasteiger partial charge in [-0.05, 0) is 24.3 Å². The van der Waals surface area contributed by atoms with Crippen molar-refractivity contribution in [3.63, 3.8) is 0 Å². The van der Waals surface area contributed by atoms with Gasteiger partial charge in [-0.15, -0.1) is 24.8 Å². The summed E-state index contributed by atoms with van der Waals surface area (Å²) in [5.74, 6) is 0. The van der Waals surface area contributed by atoms with E-state index in [1.54, 1.807) is 21.6 Å². The number of nitrogen functional groups attached to an aromatic ring is 2. The van der Waals surface area contributed by atoms with Gasteiger partial charge in [-0.1, -0.05) is 45.9 Å². The molecule has 2 nitrogen and oxygen atoms in total. The van der Waals surface area contributed by atoms with Crippen molar-refractivity contribution < 1.29 is 0 Å². The molecule has 0 aliphatic heterocycles. The average molecular weight is 321 g/mol. The molecule has 18 heavy (non-hydrogen) atoms. The zero-order valence-corrected chi connectivity index (χ0v) is 12.7. The number of halogens is 2. The Morgan fingerprint density at radius 1 is 0.611 bits per heavy atom. The number of rotatable bonds is 3. The van der Waals surface area contributed by atoms with Crippen LogP contribution in [0.4, 0.5) is 11.4 Å². The lowest BCUT2D eigenvalue weighted by Gasteiger charge is -2.05. The van der Waals surface area contributed by atoms with Crippen LogP contribution in [-0.4, -0.2) is 0 Å². The molecular formula is C12H14Cl2N2S2. The van der Waals surface area contributed by atoms with Crippen LogP contribution in [0.1, 0.15) is 0 Å². The topological polar surface area (TPSA) is 52.0 Å². The van der Waals surface area contributed by atoms with E-state index in [1.165, 1.54) is 0 Å². The zero-order valence-electron chi connectivity index (χ0n) is 9.41. The number of anilines is 2. The fourth-order valence-electron chi connectivity index (χ4n) is 1.20. The highest BCUT2D eigenvalue weighted by molar-refractivity contribution is 8.76. The Labute approximate surface area is 127 Å². The van der Waals surface area contributed by atoms with E-state index in [-0.39, 0.29) is 24.8 Å². The van der Waals surface area contributed by atoms with Crippen LogP contribution in [0, 0.1) is 0 Å².